The fraction of sp³-hybridized carbons (Fsp3) is 0.391. The Morgan fingerprint density at radius 2 is 1.82 bits per heavy atom. The molecule has 1 N–H and O–H groups in total. The van der Waals surface area contributed by atoms with Crippen LogP contribution in [-0.4, -0.2) is 28.8 Å². The topological polar surface area (TPSA) is 49.4 Å². The van der Waals surface area contributed by atoms with Gasteiger partial charge < -0.3 is 10.2 Å². The maximum atomic E-state index is 13.3. The van der Waals surface area contributed by atoms with Crippen LogP contribution in [0.4, 0.5) is 5.69 Å². The summed E-state index contributed by atoms with van der Waals surface area (Å²) in [5, 5.41) is 3.48. The Bertz CT molecular complexity index is 883. The van der Waals surface area contributed by atoms with Crippen LogP contribution in [0, 0.1) is 12.8 Å². The first kappa shape index (κ1) is 19.0. The molecule has 2 aromatic rings. The average Bonchev–Trinajstić information content (AvgIpc) is 3.10. The molecule has 2 amide bonds. The number of nitrogens with one attached hydrogen (secondary N) is 1. The SMILES string of the molecule is Cc1ccc(NC(=O)C2CC3CCCCC3N2C(=O)c2ccccc2)c(Cl)c1. The summed E-state index contributed by atoms with van der Waals surface area (Å²) in [5.41, 5.74) is 2.27. The van der Waals surface area contributed by atoms with E-state index in [1.807, 2.05) is 60.4 Å². The Hall–Kier alpha value is -2.33. The van der Waals surface area contributed by atoms with Gasteiger partial charge in [0.25, 0.3) is 5.91 Å². The number of benzene rings is 2. The number of nitrogens with zero attached hydrogens (tertiary/aromatic N) is 1. The first-order valence-corrected chi connectivity index (χ1v) is 10.4. The van der Waals surface area contributed by atoms with E-state index in [-0.39, 0.29) is 17.9 Å². The van der Waals surface area contributed by atoms with E-state index in [0.717, 1.165) is 31.2 Å². The zero-order valence-electron chi connectivity index (χ0n) is 16.0. The van der Waals surface area contributed by atoms with E-state index in [4.69, 9.17) is 11.6 Å². The Kier molecular flexibility index (Phi) is 5.40. The molecule has 0 spiro atoms. The zero-order chi connectivity index (χ0) is 19.7. The smallest absolute Gasteiger partial charge is 0.254 e. The summed E-state index contributed by atoms with van der Waals surface area (Å²) in [5.74, 6) is 0.195. The second kappa shape index (κ2) is 7.96. The molecule has 3 atom stereocenters. The Morgan fingerprint density at radius 3 is 2.57 bits per heavy atom. The fourth-order valence-electron chi connectivity index (χ4n) is 4.65. The first-order valence-electron chi connectivity index (χ1n) is 9.99. The lowest BCUT2D eigenvalue weighted by Crippen LogP contribution is -2.47. The van der Waals surface area contributed by atoms with E-state index < -0.39 is 6.04 Å². The third-order valence-corrected chi connectivity index (χ3v) is 6.34. The molecule has 0 bridgehead atoms. The molecule has 1 saturated heterocycles. The number of hydrogen-bond donors (Lipinski definition) is 1. The number of hydrogen-bond acceptors (Lipinski definition) is 2. The predicted octanol–water partition coefficient (Wildman–Crippen LogP) is 5.06. The number of rotatable bonds is 3. The van der Waals surface area contributed by atoms with Crippen LogP contribution in [0.25, 0.3) is 0 Å². The second-order valence-electron chi connectivity index (χ2n) is 7.91. The first-order chi connectivity index (χ1) is 13.5. The molecular formula is C23H25ClN2O2. The van der Waals surface area contributed by atoms with E-state index in [9.17, 15) is 9.59 Å². The molecule has 4 nitrogen and oxygen atoms in total. The van der Waals surface area contributed by atoms with Crippen LogP contribution < -0.4 is 5.32 Å². The van der Waals surface area contributed by atoms with Gasteiger partial charge in [0.15, 0.2) is 0 Å². The van der Waals surface area contributed by atoms with Crippen molar-refractivity contribution in [3.63, 3.8) is 0 Å². The van der Waals surface area contributed by atoms with Gasteiger partial charge in [-0.25, -0.2) is 0 Å². The zero-order valence-corrected chi connectivity index (χ0v) is 16.8. The molecule has 28 heavy (non-hydrogen) atoms. The Morgan fingerprint density at radius 1 is 1.07 bits per heavy atom. The van der Waals surface area contributed by atoms with Gasteiger partial charge in [-0.3, -0.25) is 9.59 Å². The molecule has 0 aromatic heterocycles. The monoisotopic (exact) mass is 396 g/mol. The van der Waals surface area contributed by atoms with E-state index in [2.05, 4.69) is 5.32 Å². The fourth-order valence-corrected chi connectivity index (χ4v) is 4.94. The predicted molar refractivity (Wildman–Crippen MR) is 112 cm³/mol. The van der Waals surface area contributed by atoms with Crippen molar-refractivity contribution in [1.29, 1.82) is 0 Å². The number of anilines is 1. The number of amides is 2. The summed E-state index contributed by atoms with van der Waals surface area (Å²) >= 11 is 6.30. The minimum absolute atomic E-state index is 0.0508. The normalized spacial score (nSPS) is 23.9. The Balaban J connectivity index is 1.61. The standard InChI is InChI=1S/C23H25ClN2O2/c1-15-11-12-19(18(24)13-15)25-22(27)21-14-17-9-5-6-10-20(17)26(21)23(28)16-7-3-2-4-8-16/h2-4,7-8,11-13,17,20-21H,5-6,9-10,14H2,1H3,(H,25,27). The van der Waals surface area contributed by atoms with Gasteiger partial charge in [0, 0.05) is 11.6 Å². The largest absolute Gasteiger partial charge is 0.323 e. The number of fused-ring (bicyclic) bond motifs is 1. The van der Waals surface area contributed by atoms with Gasteiger partial charge in [-0.2, -0.15) is 0 Å². The summed E-state index contributed by atoms with van der Waals surface area (Å²) in [6.07, 6.45) is 5.06. The molecule has 1 saturated carbocycles. The number of carbonyl (C=O) groups is 2. The van der Waals surface area contributed by atoms with E-state index >= 15 is 0 Å². The van der Waals surface area contributed by atoms with Crippen LogP contribution in [0.1, 0.15) is 48.0 Å². The molecular weight excluding hydrogens is 372 g/mol. The molecule has 4 rings (SSSR count). The quantitative estimate of drug-likeness (QED) is 0.788. The molecule has 1 heterocycles. The molecule has 2 fully saturated rings. The highest BCUT2D eigenvalue weighted by atomic mass is 35.5. The molecule has 1 aliphatic heterocycles. The molecule has 2 aromatic carbocycles. The Labute approximate surface area is 170 Å². The third kappa shape index (κ3) is 3.66. The average molecular weight is 397 g/mol. The summed E-state index contributed by atoms with van der Waals surface area (Å²) in [6.45, 7) is 1.96. The van der Waals surface area contributed by atoms with Gasteiger partial charge in [-0.05, 0) is 61.9 Å². The third-order valence-electron chi connectivity index (χ3n) is 6.03. The lowest BCUT2D eigenvalue weighted by atomic mass is 9.84. The van der Waals surface area contributed by atoms with Crippen molar-refractivity contribution in [2.75, 3.05) is 5.32 Å². The number of halogens is 1. The number of likely N-dealkylation sites (tertiary alicyclic amines) is 1. The van der Waals surface area contributed by atoms with Crippen LogP contribution in [0.15, 0.2) is 48.5 Å². The van der Waals surface area contributed by atoms with Crippen LogP contribution in [0.2, 0.25) is 5.02 Å². The summed E-state index contributed by atoms with van der Waals surface area (Å²) in [6, 6.07) is 14.5. The van der Waals surface area contributed by atoms with Crippen LogP contribution >= 0.6 is 11.6 Å². The van der Waals surface area contributed by atoms with Crippen LogP contribution in [0.5, 0.6) is 0 Å². The van der Waals surface area contributed by atoms with Gasteiger partial charge in [-0.15, -0.1) is 0 Å². The number of carbonyl (C=O) groups excluding carboxylic acids is 2. The van der Waals surface area contributed by atoms with Crippen molar-refractivity contribution in [3.05, 3.63) is 64.7 Å². The summed E-state index contributed by atoms with van der Waals surface area (Å²) in [7, 11) is 0. The lowest BCUT2D eigenvalue weighted by Gasteiger charge is -2.33. The van der Waals surface area contributed by atoms with Gasteiger partial charge in [0.1, 0.15) is 6.04 Å². The van der Waals surface area contributed by atoms with Gasteiger partial charge >= 0.3 is 0 Å². The van der Waals surface area contributed by atoms with Gasteiger partial charge in [-0.1, -0.05) is 48.7 Å². The molecule has 2 aliphatic rings. The van der Waals surface area contributed by atoms with Crippen molar-refractivity contribution >= 4 is 29.1 Å². The van der Waals surface area contributed by atoms with Gasteiger partial charge in [0.05, 0.1) is 10.7 Å². The van der Waals surface area contributed by atoms with E-state index in [0.29, 0.717) is 22.2 Å². The minimum Gasteiger partial charge on any atom is -0.323 e. The number of aryl methyl sites for hydroxylation is 1. The molecule has 1 aliphatic carbocycles. The van der Waals surface area contributed by atoms with Crippen molar-refractivity contribution < 1.29 is 9.59 Å². The van der Waals surface area contributed by atoms with Crippen molar-refractivity contribution in [2.45, 2.75) is 51.1 Å². The van der Waals surface area contributed by atoms with Gasteiger partial charge in [0.2, 0.25) is 5.91 Å². The maximum absolute atomic E-state index is 13.3. The second-order valence-corrected chi connectivity index (χ2v) is 8.32. The van der Waals surface area contributed by atoms with Crippen molar-refractivity contribution in [3.8, 4) is 0 Å². The molecule has 0 radical (unpaired) electrons. The molecule has 146 valence electrons. The van der Waals surface area contributed by atoms with Crippen molar-refractivity contribution in [1.82, 2.24) is 4.90 Å². The summed E-state index contributed by atoms with van der Waals surface area (Å²) < 4.78 is 0. The molecule has 3 unspecified atom stereocenters. The minimum atomic E-state index is -0.460. The highest BCUT2D eigenvalue weighted by Crippen LogP contribution is 2.41. The maximum Gasteiger partial charge on any atom is 0.254 e. The van der Waals surface area contributed by atoms with Crippen LogP contribution in [-0.2, 0) is 4.79 Å². The van der Waals surface area contributed by atoms with Crippen LogP contribution in [0.3, 0.4) is 0 Å². The highest BCUT2D eigenvalue weighted by Gasteiger charge is 2.47. The highest BCUT2D eigenvalue weighted by molar-refractivity contribution is 6.33. The summed E-state index contributed by atoms with van der Waals surface area (Å²) in [4.78, 5) is 28.3. The van der Waals surface area contributed by atoms with E-state index in [1.165, 1.54) is 6.42 Å². The lowest BCUT2D eigenvalue weighted by molar-refractivity contribution is -0.120. The molecule has 5 heteroatoms. The van der Waals surface area contributed by atoms with E-state index in [1.54, 1.807) is 0 Å². The van der Waals surface area contributed by atoms with Crippen molar-refractivity contribution in [2.24, 2.45) is 5.92 Å².